The Labute approximate surface area is 228 Å². The summed E-state index contributed by atoms with van der Waals surface area (Å²) in [7, 11) is -3.10. The third-order valence-corrected chi connectivity index (χ3v) is 7.48. The monoisotopic (exact) mass is 573 g/mol. The Balaban J connectivity index is 1.80. The van der Waals surface area contributed by atoms with E-state index < -0.39 is 26.7 Å². The number of rotatable bonds is 7. The lowest BCUT2D eigenvalue weighted by Gasteiger charge is -2.13. The molecule has 12 heteroatoms. The number of phenolic OH excluding ortho intramolecular Hbond substituents is 1. The van der Waals surface area contributed by atoms with Crippen molar-refractivity contribution >= 4 is 67.1 Å². The number of carbonyl (C=O) groups is 1. The Morgan fingerprint density at radius 3 is 2.47 bits per heavy atom. The summed E-state index contributed by atoms with van der Waals surface area (Å²) in [6.45, 7) is 1.69. The maximum atomic E-state index is 13.2. The first-order valence-electron chi connectivity index (χ1n) is 11.1. The fourth-order valence-corrected chi connectivity index (χ4v) is 5.51. The summed E-state index contributed by atoms with van der Waals surface area (Å²) >= 11 is 12.4. The first kappa shape index (κ1) is 27.3. The normalized spacial score (nSPS) is 11.7. The van der Waals surface area contributed by atoms with Crippen molar-refractivity contribution in [1.29, 1.82) is 0 Å². The molecule has 196 valence electrons. The quantitative estimate of drug-likeness (QED) is 0.156. The van der Waals surface area contributed by atoms with Crippen LogP contribution in [0.2, 0.25) is 10.0 Å². The van der Waals surface area contributed by atoms with Gasteiger partial charge in [-0.3, -0.25) is 9.35 Å². The van der Waals surface area contributed by atoms with Crippen LogP contribution in [0.1, 0.15) is 22.8 Å². The van der Waals surface area contributed by atoms with Crippen molar-refractivity contribution in [2.45, 2.75) is 18.2 Å². The fraction of sp³-hybridized carbons (Fsp3) is 0.115. The minimum absolute atomic E-state index is 0.0121. The van der Waals surface area contributed by atoms with Crippen LogP contribution in [0.4, 0.5) is 17.1 Å². The standard InChI is InChI=1S/C26H21Cl2N3O6S/c1-3-14-11-16(13-19(27)25(14)38(34,35)36)30-31-23-17-8-5-4-7-15(17)12-18(24(23)32)26(33)29-20-9-6-10-21(37-2)22(20)28/h4-13,32H,3H2,1-2H3,(H,29,33)(H,34,35,36). The minimum atomic E-state index is -4.55. The van der Waals surface area contributed by atoms with Gasteiger partial charge in [-0.05, 0) is 47.7 Å². The first-order valence-corrected chi connectivity index (χ1v) is 13.3. The highest BCUT2D eigenvalue weighted by atomic mass is 35.5. The maximum Gasteiger partial charge on any atom is 0.296 e. The predicted octanol–water partition coefficient (Wildman–Crippen LogP) is 7.34. The molecule has 0 bridgehead atoms. The molecule has 0 unspecified atom stereocenters. The van der Waals surface area contributed by atoms with E-state index in [0.29, 0.717) is 16.5 Å². The molecule has 0 spiro atoms. The van der Waals surface area contributed by atoms with Crippen molar-refractivity contribution < 1.29 is 27.6 Å². The van der Waals surface area contributed by atoms with E-state index in [-0.39, 0.29) is 44.7 Å². The smallest absolute Gasteiger partial charge is 0.296 e. The summed E-state index contributed by atoms with van der Waals surface area (Å²) in [6.07, 6.45) is 0.245. The molecule has 9 nitrogen and oxygen atoms in total. The number of aromatic hydroxyl groups is 1. The van der Waals surface area contributed by atoms with Crippen molar-refractivity contribution in [3.8, 4) is 11.5 Å². The van der Waals surface area contributed by atoms with Crippen LogP contribution in [0.3, 0.4) is 0 Å². The van der Waals surface area contributed by atoms with Crippen molar-refractivity contribution in [2.75, 3.05) is 12.4 Å². The maximum absolute atomic E-state index is 13.2. The van der Waals surface area contributed by atoms with Crippen molar-refractivity contribution in [2.24, 2.45) is 10.2 Å². The summed E-state index contributed by atoms with van der Waals surface area (Å²) < 4.78 is 38.2. The number of phenols is 1. The zero-order chi connectivity index (χ0) is 27.6. The van der Waals surface area contributed by atoms with Gasteiger partial charge in [0.15, 0.2) is 5.75 Å². The van der Waals surface area contributed by atoms with Crippen LogP contribution >= 0.6 is 23.2 Å². The van der Waals surface area contributed by atoms with Crippen molar-refractivity contribution in [3.63, 3.8) is 0 Å². The molecule has 0 heterocycles. The topological polar surface area (TPSA) is 138 Å². The third kappa shape index (κ3) is 5.44. The summed E-state index contributed by atoms with van der Waals surface area (Å²) in [5, 5.41) is 23.2. The largest absolute Gasteiger partial charge is 0.505 e. The molecule has 0 fully saturated rings. The molecular weight excluding hydrogens is 553 g/mol. The van der Waals surface area contributed by atoms with Crippen LogP contribution in [-0.2, 0) is 16.5 Å². The molecule has 0 atom stereocenters. The number of ether oxygens (including phenoxy) is 1. The van der Waals surface area contributed by atoms with E-state index in [9.17, 15) is 22.9 Å². The van der Waals surface area contributed by atoms with E-state index in [2.05, 4.69) is 15.5 Å². The summed E-state index contributed by atoms with van der Waals surface area (Å²) in [5.74, 6) is -0.708. The van der Waals surface area contributed by atoms with Gasteiger partial charge < -0.3 is 15.2 Å². The molecule has 0 radical (unpaired) electrons. The minimum Gasteiger partial charge on any atom is -0.505 e. The third-order valence-electron chi connectivity index (χ3n) is 5.68. The number of fused-ring (bicyclic) bond motifs is 1. The van der Waals surface area contributed by atoms with E-state index in [4.69, 9.17) is 27.9 Å². The Morgan fingerprint density at radius 1 is 1.05 bits per heavy atom. The van der Waals surface area contributed by atoms with Crippen molar-refractivity contribution in [3.05, 3.63) is 81.8 Å². The number of carbonyl (C=O) groups excluding carboxylic acids is 1. The highest BCUT2D eigenvalue weighted by molar-refractivity contribution is 7.86. The number of halogens is 2. The highest BCUT2D eigenvalue weighted by Gasteiger charge is 2.22. The van der Waals surface area contributed by atoms with Gasteiger partial charge in [0.1, 0.15) is 21.4 Å². The van der Waals surface area contributed by atoms with Crippen LogP contribution in [-0.4, -0.2) is 31.1 Å². The summed E-state index contributed by atoms with van der Waals surface area (Å²) in [4.78, 5) is 12.8. The number of hydrogen-bond acceptors (Lipinski definition) is 7. The highest BCUT2D eigenvalue weighted by Crippen LogP contribution is 2.41. The molecule has 0 aliphatic heterocycles. The van der Waals surface area contributed by atoms with Gasteiger partial charge in [0.05, 0.1) is 29.1 Å². The van der Waals surface area contributed by atoms with Gasteiger partial charge in [0.2, 0.25) is 0 Å². The number of nitrogens with one attached hydrogen (secondary N) is 1. The molecule has 1 amide bonds. The van der Waals surface area contributed by atoms with E-state index in [0.717, 1.165) is 0 Å². The van der Waals surface area contributed by atoms with Gasteiger partial charge in [-0.1, -0.05) is 60.5 Å². The van der Waals surface area contributed by atoms with E-state index in [1.807, 2.05) is 0 Å². The molecule has 4 aromatic carbocycles. The second-order valence-corrected chi connectivity index (χ2v) is 10.2. The van der Waals surface area contributed by atoms with Gasteiger partial charge in [0, 0.05) is 5.39 Å². The lowest BCUT2D eigenvalue weighted by Crippen LogP contribution is -2.12. The van der Waals surface area contributed by atoms with Crippen LogP contribution in [0, 0.1) is 0 Å². The van der Waals surface area contributed by atoms with Crippen molar-refractivity contribution in [1.82, 2.24) is 0 Å². The number of nitrogens with zero attached hydrogens (tertiary/aromatic N) is 2. The zero-order valence-electron chi connectivity index (χ0n) is 20.1. The summed E-state index contributed by atoms with van der Waals surface area (Å²) in [5.41, 5.74) is 0.642. The zero-order valence-corrected chi connectivity index (χ0v) is 22.4. The molecule has 4 aromatic rings. The average Bonchev–Trinajstić information content (AvgIpc) is 2.87. The van der Waals surface area contributed by atoms with Crippen LogP contribution < -0.4 is 10.1 Å². The molecule has 0 aliphatic rings. The second-order valence-electron chi connectivity index (χ2n) is 8.06. The molecule has 0 saturated carbocycles. The number of amides is 1. The lowest BCUT2D eigenvalue weighted by molar-refractivity contribution is 0.102. The van der Waals surface area contributed by atoms with Gasteiger partial charge in [0.25, 0.3) is 16.0 Å². The lowest BCUT2D eigenvalue weighted by atomic mass is 10.0. The predicted molar refractivity (Wildman–Crippen MR) is 146 cm³/mol. The Kier molecular flexibility index (Phi) is 7.89. The van der Waals surface area contributed by atoms with Gasteiger partial charge >= 0.3 is 0 Å². The van der Waals surface area contributed by atoms with Crippen LogP contribution in [0.5, 0.6) is 11.5 Å². The number of methoxy groups -OCH3 is 1. The Bertz CT molecular complexity index is 1710. The SMILES string of the molecule is CCc1cc(N=Nc2c(O)c(C(=O)Nc3cccc(OC)c3Cl)cc3ccccc23)cc(Cl)c1S(=O)(=O)O. The van der Waals surface area contributed by atoms with E-state index >= 15 is 0 Å². The Morgan fingerprint density at radius 2 is 1.79 bits per heavy atom. The molecule has 0 aliphatic carbocycles. The molecular formula is C26H21Cl2N3O6S. The molecule has 4 rings (SSSR count). The number of hydrogen-bond donors (Lipinski definition) is 3. The van der Waals surface area contributed by atoms with Crippen LogP contribution in [0.25, 0.3) is 10.8 Å². The first-order chi connectivity index (χ1) is 18.0. The number of benzene rings is 4. The second kappa shape index (κ2) is 11.0. The number of azo groups is 1. The van der Waals surface area contributed by atoms with Gasteiger partial charge in [-0.2, -0.15) is 13.5 Å². The fourth-order valence-electron chi connectivity index (χ4n) is 3.90. The summed E-state index contributed by atoms with van der Waals surface area (Å²) in [6, 6.07) is 16.0. The van der Waals surface area contributed by atoms with Gasteiger partial charge in [-0.15, -0.1) is 5.11 Å². The van der Waals surface area contributed by atoms with E-state index in [1.165, 1.54) is 25.3 Å². The van der Waals surface area contributed by atoms with Gasteiger partial charge in [-0.25, -0.2) is 0 Å². The van der Waals surface area contributed by atoms with Crippen LogP contribution in [0.15, 0.2) is 75.8 Å². The number of anilines is 1. The number of aryl methyl sites for hydroxylation is 1. The Hall–Kier alpha value is -3.70. The molecule has 0 saturated heterocycles. The molecule has 0 aromatic heterocycles. The molecule has 3 N–H and O–H groups in total. The van der Waals surface area contributed by atoms with E-state index in [1.54, 1.807) is 49.4 Å². The average molecular weight is 574 g/mol. The molecule has 38 heavy (non-hydrogen) atoms.